The molecule has 0 aromatic heterocycles. The van der Waals surface area contributed by atoms with Gasteiger partial charge in [-0.1, -0.05) is 74.5 Å². The third-order valence-corrected chi connectivity index (χ3v) is 6.42. The molecule has 0 aliphatic rings. The zero-order valence-electron chi connectivity index (χ0n) is 26.8. The van der Waals surface area contributed by atoms with Crippen molar-refractivity contribution >= 4 is 0 Å². The van der Waals surface area contributed by atoms with Crippen molar-refractivity contribution in [1.82, 2.24) is 0 Å². The fourth-order valence-electron chi connectivity index (χ4n) is 4.39. The summed E-state index contributed by atoms with van der Waals surface area (Å²) in [5.74, 6) is 1.51. The van der Waals surface area contributed by atoms with Gasteiger partial charge in [-0.25, -0.2) is 0 Å². The highest BCUT2D eigenvalue weighted by Crippen LogP contribution is 2.41. The van der Waals surface area contributed by atoms with E-state index in [0.29, 0.717) is 26.4 Å². The van der Waals surface area contributed by atoms with Crippen LogP contribution in [0, 0.1) is 0 Å². The Morgan fingerprint density at radius 3 is 1.35 bits per heavy atom. The molecular formula is C35H52O8. The van der Waals surface area contributed by atoms with Crippen LogP contribution < -0.4 is 9.47 Å². The Labute approximate surface area is 258 Å². The molecule has 0 fully saturated rings. The molecule has 2 aromatic carbocycles. The van der Waals surface area contributed by atoms with Crippen LogP contribution in [0.2, 0.25) is 0 Å². The largest absolute Gasteiger partial charge is 0.488 e. The second kappa shape index (κ2) is 18.8. The summed E-state index contributed by atoms with van der Waals surface area (Å²) in [5.41, 5.74) is 3.37. The molecule has 0 aliphatic heterocycles. The van der Waals surface area contributed by atoms with Gasteiger partial charge in [0, 0.05) is 16.5 Å². The fraction of sp³-hybridized carbons (Fsp3) is 0.543. The van der Waals surface area contributed by atoms with Crippen LogP contribution in [0.15, 0.2) is 72.8 Å². The molecule has 240 valence electrons. The van der Waals surface area contributed by atoms with Crippen LogP contribution in [-0.2, 0) is 24.4 Å². The van der Waals surface area contributed by atoms with Crippen LogP contribution in [0.25, 0.3) is 0 Å². The summed E-state index contributed by atoms with van der Waals surface area (Å²) in [7, 11) is 0. The number of benzene rings is 2. The van der Waals surface area contributed by atoms with Gasteiger partial charge in [-0.05, 0) is 39.8 Å². The van der Waals surface area contributed by atoms with Crippen LogP contribution >= 0.6 is 0 Å². The van der Waals surface area contributed by atoms with Gasteiger partial charge >= 0.3 is 0 Å². The van der Waals surface area contributed by atoms with E-state index in [9.17, 15) is 10.2 Å². The molecule has 0 heterocycles. The van der Waals surface area contributed by atoms with E-state index >= 15 is 0 Å². The van der Waals surface area contributed by atoms with Crippen LogP contribution in [0.1, 0.15) is 52.7 Å². The van der Waals surface area contributed by atoms with Crippen LogP contribution in [-0.4, -0.2) is 87.5 Å². The van der Waals surface area contributed by atoms with E-state index in [-0.39, 0.29) is 38.6 Å². The first-order valence-corrected chi connectivity index (χ1v) is 14.9. The number of hydrogen-bond acceptors (Lipinski definition) is 8. The maximum absolute atomic E-state index is 10.1. The van der Waals surface area contributed by atoms with E-state index in [1.54, 1.807) is 0 Å². The summed E-state index contributed by atoms with van der Waals surface area (Å²) >= 11 is 0. The Hall–Kier alpha value is -2.72. The zero-order valence-corrected chi connectivity index (χ0v) is 26.8. The van der Waals surface area contributed by atoms with Gasteiger partial charge in [0.15, 0.2) is 0 Å². The SMILES string of the molecule is C=C(C)COCC(O)COCC(C)Oc1ccccc1C(C)(C)c1ccccc1OC(C)COCC(O)COCC(=C)C. The molecule has 0 amide bonds. The van der Waals surface area contributed by atoms with Crippen LogP contribution in [0.4, 0.5) is 0 Å². The Balaban J connectivity index is 1.98. The minimum atomic E-state index is -0.715. The second-order valence-corrected chi connectivity index (χ2v) is 11.8. The molecule has 8 heteroatoms. The van der Waals surface area contributed by atoms with Crippen LogP contribution in [0.3, 0.4) is 0 Å². The third kappa shape index (κ3) is 13.6. The van der Waals surface area contributed by atoms with Crippen molar-refractivity contribution in [2.75, 3.05) is 52.9 Å². The smallest absolute Gasteiger partial charge is 0.123 e. The minimum absolute atomic E-state index is 0.158. The molecule has 0 saturated heterocycles. The van der Waals surface area contributed by atoms with E-state index in [4.69, 9.17) is 28.4 Å². The number of para-hydroxylation sites is 2. The molecule has 4 atom stereocenters. The standard InChI is InChI=1S/C35H52O8/c1-25(2)17-38-21-29(36)23-40-19-27(5)42-33-15-11-9-13-31(33)35(7,8)32-14-10-12-16-34(32)43-28(6)20-41-24-30(37)22-39-18-26(3)4/h9-16,27-30,36-37H,1,3,17-24H2,2,4-8H3. The summed E-state index contributed by atoms with van der Waals surface area (Å²) in [6.45, 7) is 21.7. The van der Waals surface area contributed by atoms with Gasteiger partial charge in [0.25, 0.3) is 0 Å². The van der Waals surface area contributed by atoms with Crippen molar-refractivity contribution in [3.05, 3.63) is 84.0 Å². The van der Waals surface area contributed by atoms with Gasteiger partial charge in [0.1, 0.15) is 35.9 Å². The molecule has 8 nitrogen and oxygen atoms in total. The summed E-state index contributed by atoms with van der Waals surface area (Å²) < 4.78 is 34.9. The maximum atomic E-state index is 10.1. The minimum Gasteiger partial charge on any atom is -0.488 e. The monoisotopic (exact) mass is 600 g/mol. The van der Waals surface area contributed by atoms with Gasteiger partial charge in [-0.3, -0.25) is 0 Å². The molecule has 4 unspecified atom stereocenters. The molecule has 2 rings (SSSR count). The number of aliphatic hydroxyl groups is 2. The first-order valence-electron chi connectivity index (χ1n) is 14.9. The molecule has 2 N–H and O–H groups in total. The number of rotatable bonds is 22. The first kappa shape index (κ1) is 36.5. The van der Waals surface area contributed by atoms with Crippen molar-refractivity contribution in [3.63, 3.8) is 0 Å². The van der Waals surface area contributed by atoms with E-state index in [2.05, 4.69) is 39.1 Å². The topological polar surface area (TPSA) is 95.8 Å². The van der Waals surface area contributed by atoms with Crippen molar-refractivity contribution in [1.29, 1.82) is 0 Å². The molecule has 2 aromatic rings. The van der Waals surface area contributed by atoms with Crippen molar-refractivity contribution in [2.24, 2.45) is 0 Å². The van der Waals surface area contributed by atoms with Gasteiger partial charge in [-0.2, -0.15) is 0 Å². The Morgan fingerprint density at radius 2 is 0.977 bits per heavy atom. The Bertz CT molecular complexity index is 1030. The highest BCUT2D eigenvalue weighted by atomic mass is 16.5. The second-order valence-electron chi connectivity index (χ2n) is 11.8. The molecule has 0 bridgehead atoms. The van der Waals surface area contributed by atoms with Gasteiger partial charge in [-0.15, -0.1) is 0 Å². The van der Waals surface area contributed by atoms with E-state index in [0.717, 1.165) is 33.8 Å². The molecule has 0 spiro atoms. The van der Waals surface area contributed by atoms with Crippen molar-refractivity contribution in [2.45, 2.75) is 71.4 Å². The predicted octanol–water partition coefficient (Wildman–Crippen LogP) is 5.49. The lowest BCUT2D eigenvalue weighted by molar-refractivity contribution is -0.0299. The lowest BCUT2D eigenvalue weighted by atomic mass is 9.77. The van der Waals surface area contributed by atoms with Crippen LogP contribution in [0.5, 0.6) is 11.5 Å². The number of hydrogen-bond donors (Lipinski definition) is 2. The van der Waals surface area contributed by atoms with Gasteiger partial charge in [0.05, 0.1) is 52.9 Å². The summed E-state index contributed by atoms with van der Waals surface area (Å²) in [4.78, 5) is 0. The normalized spacial score (nSPS) is 14.5. The fourth-order valence-corrected chi connectivity index (χ4v) is 4.39. The van der Waals surface area contributed by atoms with E-state index < -0.39 is 17.6 Å². The number of aliphatic hydroxyl groups excluding tert-OH is 2. The number of ether oxygens (including phenoxy) is 6. The van der Waals surface area contributed by atoms with E-state index in [1.807, 2.05) is 64.1 Å². The van der Waals surface area contributed by atoms with Crippen molar-refractivity contribution < 1.29 is 38.6 Å². The highest BCUT2D eigenvalue weighted by Gasteiger charge is 2.30. The lowest BCUT2D eigenvalue weighted by Crippen LogP contribution is -2.28. The Morgan fingerprint density at radius 1 is 0.628 bits per heavy atom. The molecule has 43 heavy (non-hydrogen) atoms. The molecular weight excluding hydrogens is 548 g/mol. The lowest BCUT2D eigenvalue weighted by Gasteiger charge is -2.31. The quantitative estimate of drug-likeness (QED) is 0.172. The first-order chi connectivity index (χ1) is 20.4. The predicted molar refractivity (Wildman–Crippen MR) is 170 cm³/mol. The van der Waals surface area contributed by atoms with Crippen molar-refractivity contribution in [3.8, 4) is 11.5 Å². The third-order valence-electron chi connectivity index (χ3n) is 6.42. The van der Waals surface area contributed by atoms with E-state index in [1.165, 1.54) is 0 Å². The Kier molecular flexibility index (Phi) is 16.0. The highest BCUT2D eigenvalue weighted by molar-refractivity contribution is 5.50. The van der Waals surface area contributed by atoms with Gasteiger partial charge < -0.3 is 38.6 Å². The molecule has 0 saturated carbocycles. The average molecular weight is 601 g/mol. The zero-order chi connectivity index (χ0) is 31.8. The molecule has 0 radical (unpaired) electrons. The maximum Gasteiger partial charge on any atom is 0.123 e. The molecule has 0 aliphatic carbocycles. The summed E-state index contributed by atoms with van der Waals surface area (Å²) in [6.07, 6.45) is -1.92. The average Bonchev–Trinajstić information content (AvgIpc) is 2.93. The van der Waals surface area contributed by atoms with Gasteiger partial charge in [0.2, 0.25) is 0 Å². The summed E-state index contributed by atoms with van der Waals surface area (Å²) in [5, 5.41) is 20.2. The summed E-state index contributed by atoms with van der Waals surface area (Å²) in [6, 6.07) is 15.9.